The SMILES string of the molecule is CC(C)(CNC1CC1)CN1CCC(CN2CCCC2)CC1. The maximum absolute atomic E-state index is 3.71. The second kappa shape index (κ2) is 6.97. The third-order valence-electron chi connectivity index (χ3n) is 5.52. The van der Waals surface area contributed by atoms with Crippen molar-refractivity contribution in [3.05, 3.63) is 0 Å². The first-order valence-corrected chi connectivity index (χ1v) is 9.29. The van der Waals surface area contributed by atoms with E-state index in [0.29, 0.717) is 5.41 Å². The van der Waals surface area contributed by atoms with Crippen LogP contribution in [0.1, 0.15) is 52.4 Å². The van der Waals surface area contributed by atoms with Gasteiger partial charge < -0.3 is 15.1 Å². The fourth-order valence-corrected chi connectivity index (χ4v) is 4.03. The van der Waals surface area contributed by atoms with Gasteiger partial charge in [-0.15, -0.1) is 0 Å². The predicted molar refractivity (Wildman–Crippen MR) is 89.6 cm³/mol. The average Bonchev–Trinajstić information content (AvgIpc) is 3.15. The number of nitrogens with one attached hydrogen (secondary N) is 1. The Hall–Kier alpha value is -0.120. The monoisotopic (exact) mass is 293 g/mol. The van der Waals surface area contributed by atoms with E-state index in [1.807, 2.05) is 0 Å². The molecule has 0 aromatic rings. The Morgan fingerprint density at radius 1 is 0.905 bits per heavy atom. The van der Waals surface area contributed by atoms with E-state index < -0.39 is 0 Å². The summed E-state index contributed by atoms with van der Waals surface area (Å²) in [6, 6.07) is 0.843. The van der Waals surface area contributed by atoms with Crippen LogP contribution in [0, 0.1) is 11.3 Å². The van der Waals surface area contributed by atoms with Gasteiger partial charge in [0.2, 0.25) is 0 Å². The van der Waals surface area contributed by atoms with Gasteiger partial charge in [0.25, 0.3) is 0 Å². The summed E-state index contributed by atoms with van der Waals surface area (Å²) in [7, 11) is 0. The Bertz CT molecular complexity index is 310. The van der Waals surface area contributed by atoms with Crippen molar-refractivity contribution in [3.63, 3.8) is 0 Å². The standard InChI is InChI=1S/C18H35N3/c1-18(2,14-19-17-5-6-17)15-21-11-7-16(8-12-21)13-20-9-3-4-10-20/h16-17,19H,3-15H2,1-2H3. The van der Waals surface area contributed by atoms with Crippen LogP contribution < -0.4 is 5.32 Å². The molecule has 3 heteroatoms. The number of nitrogens with zero attached hydrogens (tertiary/aromatic N) is 2. The van der Waals surface area contributed by atoms with Crippen LogP contribution in [0.25, 0.3) is 0 Å². The van der Waals surface area contributed by atoms with E-state index in [0.717, 1.165) is 12.0 Å². The van der Waals surface area contributed by atoms with Gasteiger partial charge in [-0.2, -0.15) is 0 Å². The summed E-state index contributed by atoms with van der Waals surface area (Å²) in [5.41, 5.74) is 0.421. The smallest absolute Gasteiger partial charge is 0.00684 e. The topological polar surface area (TPSA) is 18.5 Å². The largest absolute Gasteiger partial charge is 0.313 e. The molecule has 2 heterocycles. The quantitative estimate of drug-likeness (QED) is 0.778. The molecule has 0 amide bonds. The lowest BCUT2D eigenvalue weighted by Crippen LogP contribution is -2.45. The predicted octanol–water partition coefficient (Wildman–Crippen LogP) is 2.57. The first kappa shape index (κ1) is 15.8. The van der Waals surface area contributed by atoms with Crippen molar-refractivity contribution in [3.8, 4) is 0 Å². The van der Waals surface area contributed by atoms with Gasteiger partial charge in [-0.1, -0.05) is 13.8 Å². The maximum Gasteiger partial charge on any atom is 0.00684 e. The first-order chi connectivity index (χ1) is 10.1. The van der Waals surface area contributed by atoms with Crippen LogP contribution in [-0.4, -0.2) is 61.7 Å². The minimum absolute atomic E-state index is 0.421. The summed E-state index contributed by atoms with van der Waals surface area (Å²) < 4.78 is 0. The Labute approximate surface area is 131 Å². The summed E-state index contributed by atoms with van der Waals surface area (Å²) in [6.45, 7) is 14.1. The first-order valence-electron chi connectivity index (χ1n) is 9.29. The molecule has 122 valence electrons. The van der Waals surface area contributed by atoms with Crippen molar-refractivity contribution >= 4 is 0 Å². The van der Waals surface area contributed by atoms with Crippen LogP contribution in [0.5, 0.6) is 0 Å². The molecule has 3 nitrogen and oxygen atoms in total. The molecule has 0 aromatic carbocycles. The van der Waals surface area contributed by atoms with Crippen molar-refractivity contribution in [2.75, 3.05) is 45.8 Å². The summed E-state index contributed by atoms with van der Waals surface area (Å²) in [6.07, 6.45) is 8.50. The van der Waals surface area contributed by atoms with E-state index >= 15 is 0 Å². The van der Waals surface area contributed by atoms with Crippen LogP contribution in [0.15, 0.2) is 0 Å². The zero-order chi connectivity index (χ0) is 14.7. The minimum Gasteiger partial charge on any atom is -0.313 e. The van der Waals surface area contributed by atoms with E-state index in [4.69, 9.17) is 0 Å². The van der Waals surface area contributed by atoms with Crippen LogP contribution >= 0.6 is 0 Å². The van der Waals surface area contributed by atoms with E-state index in [1.54, 1.807) is 0 Å². The highest BCUT2D eigenvalue weighted by Crippen LogP contribution is 2.25. The number of piperidine rings is 1. The molecule has 3 aliphatic rings. The normalized spacial score (nSPS) is 26.6. The highest BCUT2D eigenvalue weighted by atomic mass is 15.2. The highest BCUT2D eigenvalue weighted by molar-refractivity contribution is 4.86. The number of hydrogen-bond acceptors (Lipinski definition) is 3. The summed E-state index contributed by atoms with van der Waals surface area (Å²) in [5, 5.41) is 3.71. The van der Waals surface area contributed by atoms with E-state index in [-0.39, 0.29) is 0 Å². The fourth-order valence-electron chi connectivity index (χ4n) is 4.03. The second-order valence-corrected chi connectivity index (χ2v) is 8.55. The molecule has 0 atom stereocenters. The number of rotatable bonds is 7. The van der Waals surface area contributed by atoms with Gasteiger partial charge in [0.1, 0.15) is 0 Å². The van der Waals surface area contributed by atoms with Crippen molar-refractivity contribution in [2.45, 2.75) is 58.4 Å². The molecule has 2 aliphatic heterocycles. The Morgan fingerprint density at radius 2 is 1.57 bits per heavy atom. The third-order valence-corrected chi connectivity index (χ3v) is 5.52. The zero-order valence-corrected chi connectivity index (χ0v) is 14.2. The molecule has 0 bridgehead atoms. The van der Waals surface area contributed by atoms with Gasteiger partial charge >= 0.3 is 0 Å². The zero-order valence-electron chi connectivity index (χ0n) is 14.2. The van der Waals surface area contributed by atoms with Gasteiger partial charge in [0.15, 0.2) is 0 Å². The fraction of sp³-hybridized carbons (Fsp3) is 1.00. The van der Waals surface area contributed by atoms with Gasteiger partial charge in [-0.3, -0.25) is 0 Å². The van der Waals surface area contributed by atoms with Gasteiger partial charge in [0.05, 0.1) is 0 Å². The van der Waals surface area contributed by atoms with Crippen molar-refractivity contribution in [1.82, 2.24) is 15.1 Å². The third kappa shape index (κ3) is 5.22. The molecular weight excluding hydrogens is 258 g/mol. The highest BCUT2D eigenvalue weighted by Gasteiger charge is 2.29. The van der Waals surface area contributed by atoms with Crippen LogP contribution in [0.2, 0.25) is 0 Å². The lowest BCUT2D eigenvalue weighted by Gasteiger charge is -2.38. The molecule has 3 rings (SSSR count). The van der Waals surface area contributed by atoms with Gasteiger partial charge in [-0.25, -0.2) is 0 Å². The molecule has 0 unspecified atom stereocenters. The van der Waals surface area contributed by atoms with E-state index in [9.17, 15) is 0 Å². The molecule has 0 radical (unpaired) electrons. The molecule has 3 fully saturated rings. The van der Waals surface area contributed by atoms with Crippen LogP contribution in [-0.2, 0) is 0 Å². The minimum atomic E-state index is 0.421. The van der Waals surface area contributed by atoms with Gasteiger partial charge in [0, 0.05) is 25.7 Å². The molecule has 0 aromatic heterocycles. The second-order valence-electron chi connectivity index (χ2n) is 8.55. The summed E-state index contributed by atoms with van der Waals surface area (Å²) in [5.74, 6) is 0.965. The van der Waals surface area contributed by atoms with Crippen LogP contribution in [0.3, 0.4) is 0 Å². The molecule has 2 saturated heterocycles. The Kier molecular flexibility index (Phi) is 5.23. The molecule has 1 N–H and O–H groups in total. The Morgan fingerprint density at radius 3 is 2.19 bits per heavy atom. The van der Waals surface area contributed by atoms with Crippen molar-refractivity contribution in [2.24, 2.45) is 11.3 Å². The Balaban J connectivity index is 1.34. The number of likely N-dealkylation sites (tertiary alicyclic amines) is 2. The lowest BCUT2D eigenvalue weighted by molar-refractivity contribution is 0.113. The summed E-state index contributed by atoms with van der Waals surface area (Å²) in [4.78, 5) is 5.42. The molecule has 0 spiro atoms. The molecule has 1 saturated carbocycles. The van der Waals surface area contributed by atoms with Gasteiger partial charge in [-0.05, 0) is 76.0 Å². The molecule has 21 heavy (non-hydrogen) atoms. The van der Waals surface area contributed by atoms with Crippen molar-refractivity contribution < 1.29 is 0 Å². The van der Waals surface area contributed by atoms with E-state index in [1.165, 1.54) is 84.3 Å². The number of hydrogen-bond donors (Lipinski definition) is 1. The van der Waals surface area contributed by atoms with Crippen molar-refractivity contribution in [1.29, 1.82) is 0 Å². The lowest BCUT2D eigenvalue weighted by atomic mass is 9.90. The van der Waals surface area contributed by atoms with E-state index in [2.05, 4.69) is 29.0 Å². The van der Waals surface area contributed by atoms with Crippen LogP contribution in [0.4, 0.5) is 0 Å². The average molecular weight is 293 g/mol. The molecule has 1 aliphatic carbocycles. The maximum atomic E-state index is 3.71. The summed E-state index contributed by atoms with van der Waals surface area (Å²) >= 11 is 0. The molecular formula is C18H35N3.